The number of phosphoric acid groups is 3. The van der Waals surface area contributed by atoms with Crippen molar-refractivity contribution in [2.24, 2.45) is 0 Å². The molecule has 2 N–H and O–H groups in total. The number of ether oxygens (including phenoxy) is 2. The molecule has 246 valence electrons. The normalized spacial score (nSPS) is 26.3. The highest BCUT2D eigenvalue weighted by Crippen LogP contribution is 2.63. The Hall–Kier alpha value is -2.37. The predicted octanol–water partition coefficient (Wildman–Crippen LogP) is -0.476. The van der Waals surface area contributed by atoms with Gasteiger partial charge in [0.05, 0.1) is 26.4 Å². The summed E-state index contributed by atoms with van der Waals surface area (Å²) in [6, 6.07) is 13.4. The minimum atomic E-state index is -6.14. The van der Waals surface area contributed by atoms with Crippen molar-refractivity contribution in [3.05, 3.63) is 70.8 Å². The molecule has 2 aromatic carbocycles. The fourth-order valence-electron chi connectivity index (χ4n) is 4.62. The number of aliphatic hydroxyl groups is 2. The van der Waals surface area contributed by atoms with Gasteiger partial charge in [-0.2, -0.15) is 4.98 Å². The molecule has 7 atom stereocenters. The fourth-order valence-corrected chi connectivity index (χ4v) is 7.98. The van der Waals surface area contributed by atoms with Crippen LogP contribution in [-0.4, -0.2) is 71.0 Å². The Morgan fingerprint density at radius 2 is 1.56 bits per heavy atom. The van der Waals surface area contributed by atoms with Crippen LogP contribution in [0.25, 0.3) is 10.8 Å². The Kier molecular flexibility index (Phi) is 10.4. The number of hydrogen-bond acceptors (Lipinski definition) is 17. The first-order valence-corrected chi connectivity index (χ1v) is 17.7. The molecule has 1 aromatic heterocycles. The van der Waals surface area contributed by atoms with Gasteiger partial charge in [0, 0.05) is 19.3 Å². The summed E-state index contributed by atoms with van der Waals surface area (Å²) in [6.07, 6.45) is -5.41. The Balaban J connectivity index is 1.15. The average Bonchev–Trinajstić information content (AvgIpc) is 3.27. The molecule has 0 bridgehead atoms. The van der Waals surface area contributed by atoms with E-state index in [0.717, 1.165) is 15.3 Å². The molecule has 18 nitrogen and oxygen atoms in total. The van der Waals surface area contributed by atoms with Crippen LogP contribution in [0.2, 0.25) is 0 Å². The van der Waals surface area contributed by atoms with E-state index < -0.39 is 66.9 Å². The van der Waals surface area contributed by atoms with Gasteiger partial charge in [0.15, 0.2) is 6.23 Å². The van der Waals surface area contributed by atoms with Gasteiger partial charge in [0.2, 0.25) is 0 Å². The number of rotatable bonds is 12. The Labute approximate surface area is 255 Å². The summed E-state index contributed by atoms with van der Waals surface area (Å²) in [5, 5.41) is 22.4. The lowest BCUT2D eigenvalue weighted by Gasteiger charge is -2.34. The van der Waals surface area contributed by atoms with Crippen molar-refractivity contribution in [3.63, 3.8) is 0 Å². The average molecular weight is 690 g/mol. The zero-order chi connectivity index (χ0) is 32.4. The van der Waals surface area contributed by atoms with Crippen LogP contribution in [0, 0.1) is 0 Å². The lowest BCUT2D eigenvalue weighted by molar-refractivity contribution is -0.252. The van der Waals surface area contributed by atoms with E-state index in [9.17, 15) is 43.4 Å². The van der Waals surface area contributed by atoms with Crippen LogP contribution < -0.4 is 25.3 Å². The molecular formula is C24H27N3O15P3-3. The first kappa shape index (κ1) is 34.0. The van der Waals surface area contributed by atoms with Crippen LogP contribution in [-0.2, 0) is 47.4 Å². The molecule has 2 aliphatic heterocycles. The van der Waals surface area contributed by atoms with Gasteiger partial charge in [-0.3, -0.25) is 18.3 Å². The molecule has 3 aromatic rings. The molecule has 0 spiro atoms. The Morgan fingerprint density at radius 3 is 2.24 bits per heavy atom. The first-order valence-electron chi connectivity index (χ1n) is 13.3. The first-order chi connectivity index (χ1) is 21.2. The van der Waals surface area contributed by atoms with Crippen LogP contribution in [0.15, 0.2) is 59.5 Å². The van der Waals surface area contributed by atoms with Crippen LogP contribution in [0.3, 0.4) is 0 Å². The fraction of sp³-hybridized carbons (Fsp3) is 0.417. The molecule has 21 heteroatoms. The topological polar surface area (TPSA) is 254 Å². The smallest absolute Gasteiger partial charge is 0.351 e. The maximum atomic E-state index is 12.6. The molecule has 5 rings (SSSR count). The zero-order valence-corrected chi connectivity index (χ0v) is 25.8. The number of benzene rings is 2. The SMILES string of the molecule is O=c1nc(N2CCOCC2)ccn1[C@@H]1O[C@H](COP(=O)([O-])OP(=O)([O-])OP(=O)([O-])OCc2ccc3ccccc3c2)[C@H](O)C1O. The van der Waals surface area contributed by atoms with E-state index in [-0.39, 0.29) is 0 Å². The summed E-state index contributed by atoms with van der Waals surface area (Å²) in [4.78, 5) is 54.8. The predicted molar refractivity (Wildman–Crippen MR) is 147 cm³/mol. The van der Waals surface area contributed by atoms with Crippen molar-refractivity contribution in [2.45, 2.75) is 31.1 Å². The number of nitrogens with zero attached hydrogens (tertiary/aromatic N) is 3. The van der Waals surface area contributed by atoms with Gasteiger partial charge >= 0.3 is 5.69 Å². The lowest BCUT2D eigenvalue weighted by atomic mass is 10.1. The summed E-state index contributed by atoms with van der Waals surface area (Å²) < 4.78 is 64.6. The number of hydrogen-bond donors (Lipinski definition) is 2. The largest absolute Gasteiger partial charge is 0.756 e. The van der Waals surface area contributed by atoms with Crippen molar-refractivity contribution in [2.75, 3.05) is 37.8 Å². The van der Waals surface area contributed by atoms with Crippen molar-refractivity contribution in [1.82, 2.24) is 9.55 Å². The molecule has 2 aliphatic rings. The molecule has 2 saturated heterocycles. The quantitative estimate of drug-likeness (QED) is 0.228. The van der Waals surface area contributed by atoms with Gasteiger partial charge in [0.1, 0.15) is 24.1 Å². The lowest BCUT2D eigenvalue weighted by Crippen LogP contribution is -2.40. The molecule has 2 fully saturated rings. The van der Waals surface area contributed by atoms with Gasteiger partial charge in [0.25, 0.3) is 23.5 Å². The molecular weight excluding hydrogens is 663 g/mol. The van der Waals surface area contributed by atoms with E-state index in [2.05, 4.69) is 22.7 Å². The number of phosphoric ester groups is 2. The van der Waals surface area contributed by atoms with Gasteiger partial charge in [-0.25, -0.2) is 13.4 Å². The summed E-state index contributed by atoms with van der Waals surface area (Å²) in [6.45, 7) is 0.158. The van der Waals surface area contributed by atoms with E-state index in [0.29, 0.717) is 37.7 Å². The Morgan fingerprint density at radius 1 is 0.889 bits per heavy atom. The number of aromatic nitrogens is 2. The molecule has 3 heterocycles. The summed E-state index contributed by atoms with van der Waals surface area (Å²) in [7, 11) is -17.7. The maximum absolute atomic E-state index is 12.6. The molecule has 45 heavy (non-hydrogen) atoms. The van der Waals surface area contributed by atoms with Crippen molar-refractivity contribution in [1.29, 1.82) is 0 Å². The third-order valence-corrected chi connectivity index (χ3v) is 10.9. The molecule has 0 saturated carbocycles. The zero-order valence-electron chi connectivity index (χ0n) is 23.1. The van der Waals surface area contributed by atoms with E-state index in [4.69, 9.17) is 9.47 Å². The van der Waals surface area contributed by atoms with Gasteiger partial charge < -0.3 is 48.3 Å². The monoisotopic (exact) mass is 690 g/mol. The summed E-state index contributed by atoms with van der Waals surface area (Å²) in [5.74, 6) is 0.350. The second kappa shape index (κ2) is 13.8. The number of fused-ring (bicyclic) bond motifs is 1. The third-order valence-electron chi connectivity index (χ3n) is 6.76. The second-order valence-electron chi connectivity index (χ2n) is 9.88. The van der Waals surface area contributed by atoms with Crippen molar-refractivity contribution >= 4 is 40.1 Å². The van der Waals surface area contributed by atoms with Crippen LogP contribution in [0.4, 0.5) is 5.82 Å². The van der Waals surface area contributed by atoms with Crippen molar-refractivity contribution in [3.8, 4) is 0 Å². The molecule has 0 radical (unpaired) electrons. The van der Waals surface area contributed by atoms with E-state index in [1.165, 1.54) is 18.3 Å². The van der Waals surface area contributed by atoms with Crippen LogP contribution in [0.5, 0.6) is 0 Å². The molecule has 0 amide bonds. The van der Waals surface area contributed by atoms with Crippen LogP contribution in [0.1, 0.15) is 11.8 Å². The maximum Gasteiger partial charge on any atom is 0.351 e. The standard InChI is InChI=1S/C24H30N3O15P3/c28-21-19(40-23(22(21)29)27-8-7-20(25-24(27)30)26-9-11-37-12-10-26)15-39-44(33,34)42-45(35,36)41-43(31,32)38-14-16-5-6-17-3-1-2-4-18(17)13-16/h1-8,13,19,21-23,28-29H,9-12,14-15H2,(H,31,32)(H,33,34)(H,35,36)/p-3/t19-,21+,22?,23-/m1/s1. The minimum Gasteiger partial charge on any atom is -0.756 e. The van der Waals surface area contributed by atoms with E-state index >= 15 is 0 Å². The summed E-state index contributed by atoms with van der Waals surface area (Å²) >= 11 is 0. The van der Waals surface area contributed by atoms with Crippen molar-refractivity contribution < 1.29 is 65.7 Å². The van der Waals surface area contributed by atoms with E-state index in [1.54, 1.807) is 35.2 Å². The molecule has 0 aliphatic carbocycles. The van der Waals surface area contributed by atoms with E-state index in [1.807, 2.05) is 6.07 Å². The van der Waals surface area contributed by atoms with Gasteiger partial charge in [-0.05, 0) is 28.5 Å². The highest BCUT2D eigenvalue weighted by atomic mass is 31.3. The number of aliphatic hydroxyl groups excluding tert-OH is 2. The Bertz CT molecular complexity index is 1720. The highest BCUT2D eigenvalue weighted by molar-refractivity contribution is 7.65. The second-order valence-corrected chi connectivity index (χ2v) is 14.4. The number of morpholine rings is 1. The number of anilines is 1. The third kappa shape index (κ3) is 8.71. The molecule has 4 unspecified atom stereocenters. The van der Waals surface area contributed by atoms with Gasteiger partial charge in [-0.15, -0.1) is 0 Å². The minimum absolute atomic E-state index is 0.342. The van der Waals surface area contributed by atoms with Gasteiger partial charge in [-0.1, -0.05) is 36.4 Å². The van der Waals surface area contributed by atoms with Crippen LogP contribution >= 0.6 is 23.5 Å². The highest BCUT2D eigenvalue weighted by Gasteiger charge is 2.45. The summed E-state index contributed by atoms with van der Waals surface area (Å²) in [5.41, 5.74) is -0.501.